The van der Waals surface area contributed by atoms with Crippen molar-refractivity contribution >= 4 is 11.5 Å². The molecular formula is C13H13FO2. The Labute approximate surface area is 93.4 Å². The zero-order valence-corrected chi connectivity index (χ0v) is 9.03. The summed E-state index contributed by atoms with van der Waals surface area (Å²) in [6, 6.07) is 4.63. The van der Waals surface area contributed by atoms with E-state index in [9.17, 15) is 9.18 Å². The highest BCUT2D eigenvalue weighted by Crippen LogP contribution is 2.42. The first-order chi connectivity index (χ1) is 7.61. The number of fused-ring (bicyclic) bond motifs is 1. The van der Waals surface area contributed by atoms with Gasteiger partial charge in [0, 0.05) is 6.08 Å². The number of hydrogen-bond acceptors (Lipinski definition) is 1. The van der Waals surface area contributed by atoms with Crippen LogP contribution in [0.3, 0.4) is 0 Å². The van der Waals surface area contributed by atoms with Crippen molar-refractivity contribution < 1.29 is 14.3 Å². The summed E-state index contributed by atoms with van der Waals surface area (Å²) in [6.07, 6.45) is 2.82. The predicted molar refractivity (Wildman–Crippen MR) is 59.7 cm³/mol. The summed E-state index contributed by atoms with van der Waals surface area (Å²) in [6.45, 7) is 2.06. The van der Waals surface area contributed by atoms with Gasteiger partial charge in [-0.25, -0.2) is 9.18 Å². The van der Waals surface area contributed by atoms with E-state index in [1.165, 1.54) is 18.2 Å². The zero-order chi connectivity index (χ0) is 11.7. The van der Waals surface area contributed by atoms with Crippen LogP contribution in [0.1, 0.15) is 36.8 Å². The van der Waals surface area contributed by atoms with E-state index in [0.29, 0.717) is 12.3 Å². The number of carboxylic acids is 1. The molecule has 0 spiro atoms. The fourth-order valence-corrected chi connectivity index (χ4v) is 2.30. The van der Waals surface area contributed by atoms with Crippen LogP contribution in [0.2, 0.25) is 0 Å². The molecule has 0 radical (unpaired) electrons. The fourth-order valence-electron chi connectivity index (χ4n) is 2.30. The Bertz CT molecular complexity index is 463. The molecule has 84 valence electrons. The van der Waals surface area contributed by atoms with Crippen molar-refractivity contribution in [1.29, 1.82) is 0 Å². The van der Waals surface area contributed by atoms with Crippen LogP contribution in [0.4, 0.5) is 4.39 Å². The molecule has 0 aliphatic heterocycles. The largest absolute Gasteiger partial charge is 0.478 e. The maximum Gasteiger partial charge on any atom is 0.328 e. The third kappa shape index (κ3) is 1.85. The highest BCUT2D eigenvalue weighted by molar-refractivity contribution is 5.92. The van der Waals surface area contributed by atoms with Gasteiger partial charge < -0.3 is 5.11 Å². The first-order valence-corrected chi connectivity index (χ1v) is 5.35. The Hall–Kier alpha value is -1.64. The van der Waals surface area contributed by atoms with Crippen molar-refractivity contribution in [1.82, 2.24) is 0 Å². The topological polar surface area (TPSA) is 37.3 Å². The van der Waals surface area contributed by atoms with E-state index in [1.54, 1.807) is 6.07 Å². The molecule has 2 rings (SSSR count). The van der Waals surface area contributed by atoms with Gasteiger partial charge in [-0.2, -0.15) is 0 Å². The molecule has 1 aromatic rings. The molecule has 2 nitrogen and oxygen atoms in total. The molecule has 1 atom stereocenters. The molecule has 0 saturated carbocycles. The van der Waals surface area contributed by atoms with Crippen molar-refractivity contribution in [3.05, 3.63) is 41.2 Å². The minimum absolute atomic E-state index is 0.313. The smallest absolute Gasteiger partial charge is 0.328 e. The molecule has 0 bridgehead atoms. The average Bonchev–Trinajstić information content (AvgIpc) is 2.55. The fraction of sp³-hybridized carbons (Fsp3) is 0.308. The third-order valence-electron chi connectivity index (χ3n) is 3.06. The van der Waals surface area contributed by atoms with Gasteiger partial charge in [0.05, 0.1) is 0 Å². The summed E-state index contributed by atoms with van der Waals surface area (Å²) in [5.41, 5.74) is 2.56. The van der Waals surface area contributed by atoms with E-state index in [4.69, 9.17) is 5.11 Å². The normalized spacial score (nSPS) is 21.1. The molecule has 0 saturated heterocycles. The SMILES string of the molecule is CCC1CC(=CC(=O)O)c2cc(F)ccc21. The van der Waals surface area contributed by atoms with Gasteiger partial charge in [0.1, 0.15) is 5.82 Å². The molecule has 0 heterocycles. The molecule has 0 fully saturated rings. The second-order valence-electron chi connectivity index (χ2n) is 4.05. The number of rotatable bonds is 2. The lowest BCUT2D eigenvalue weighted by Gasteiger charge is -2.06. The number of halogens is 1. The molecule has 1 aromatic carbocycles. The van der Waals surface area contributed by atoms with Gasteiger partial charge >= 0.3 is 5.97 Å². The van der Waals surface area contributed by atoms with E-state index < -0.39 is 5.97 Å². The molecule has 0 aromatic heterocycles. The van der Waals surface area contributed by atoms with Crippen molar-refractivity contribution in [3.63, 3.8) is 0 Å². The first kappa shape index (κ1) is 10.9. The molecule has 0 amide bonds. The minimum Gasteiger partial charge on any atom is -0.478 e. The van der Waals surface area contributed by atoms with Crippen molar-refractivity contribution in [2.75, 3.05) is 0 Å². The van der Waals surface area contributed by atoms with E-state index in [-0.39, 0.29) is 5.82 Å². The second kappa shape index (κ2) is 4.08. The van der Waals surface area contributed by atoms with Crippen molar-refractivity contribution in [3.8, 4) is 0 Å². The van der Waals surface area contributed by atoms with Gasteiger partial charge in [-0.15, -0.1) is 0 Å². The van der Waals surface area contributed by atoms with Gasteiger partial charge in [-0.1, -0.05) is 13.0 Å². The molecule has 3 heteroatoms. The Kier molecular flexibility index (Phi) is 2.77. The average molecular weight is 220 g/mol. The third-order valence-corrected chi connectivity index (χ3v) is 3.06. The van der Waals surface area contributed by atoms with Gasteiger partial charge in [0.25, 0.3) is 0 Å². The highest BCUT2D eigenvalue weighted by atomic mass is 19.1. The van der Waals surface area contributed by atoms with Crippen LogP contribution in [-0.4, -0.2) is 11.1 Å². The summed E-state index contributed by atoms with van der Waals surface area (Å²) >= 11 is 0. The van der Waals surface area contributed by atoms with Gasteiger partial charge in [-0.3, -0.25) is 0 Å². The van der Waals surface area contributed by atoms with Crippen LogP contribution in [0, 0.1) is 5.82 Å². The van der Waals surface area contributed by atoms with Gasteiger partial charge in [0.15, 0.2) is 0 Å². The van der Waals surface area contributed by atoms with Crippen molar-refractivity contribution in [2.24, 2.45) is 0 Å². The number of carboxylic acid groups (broad SMARTS) is 1. The van der Waals surface area contributed by atoms with Crippen LogP contribution in [0.25, 0.3) is 5.57 Å². The zero-order valence-electron chi connectivity index (χ0n) is 9.03. The molecule has 16 heavy (non-hydrogen) atoms. The maximum absolute atomic E-state index is 13.1. The van der Waals surface area contributed by atoms with Crippen LogP contribution < -0.4 is 0 Å². The van der Waals surface area contributed by atoms with E-state index in [0.717, 1.165) is 23.1 Å². The lowest BCUT2D eigenvalue weighted by Crippen LogP contribution is -1.90. The second-order valence-corrected chi connectivity index (χ2v) is 4.05. The summed E-state index contributed by atoms with van der Waals surface area (Å²) in [5.74, 6) is -0.963. The highest BCUT2D eigenvalue weighted by Gasteiger charge is 2.25. The van der Waals surface area contributed by atoms with Gasteiger partial charge in [0.2, 0.25) is 0 Å². The van der Waals surface area contributed by atoms with E-state index in [2.05, 4.69) is 6.92 Å². The minimum atomic E-state index is -0.970. The molecule has 1 unspecified atom stereocenters. The van der Waals surface area contributed by atoms with Crippen LogP contribution in [-0.2, 0) is 4.79 Å². The lowest BCUT2D eigenvalue weighted by atomic mass is 9.99. The monoisotopic (exact) mass is 220 g/mol. The molecular weight excluding hydrogens is 207 g/mol. The van der Waals surface area contributed by atoms with Crippen LogP contribution in [0.15, 0.2) is 24.3 Å². The first-order valence-electron chi connectivity index (χ1n) is 5.35. The number of carbonyl (C=O) groups is 1. The molecule has 1 aliphatic rings. The van der Waals surface area contributed by atoms with Crippen LogP contribution >= 0.6 is 0 Å². The summed E-state index contributed by atoms with van der Waals surface area (Å²) in [7, 11) is 0. The summed E-state index contributed by atoms with van der Waals surface area (Å²) in [5, 5.41) is 8.76. The number of aliphatic carboxylic acids is 1. The lowest BCUT2D eigenvalue weighted by molar-refractivity contribution is -0.131. The number of benzene rings is 1. The quantitative estimate of drug-likeness (QED) is 0.777. The Balaban J connectivity index is 2.51. The van der Waals surface area contributed by atoms with E-state index in [1.807, 2.05) is 0 Å². The Morgan fingerprint density at radius 3 is 3.00 bits per heavy atom. The summed E-state index contributed by atoms with van der Waals surface area (Å²) < 4.78 is 13.1. The summed E-state index contributed by atoms with van der Waals surface area (Å²) in [4.78, 5) is 10.7. The van der Waals surface area contributed by atoms with Crippen molar-refractivity contribution in [2.45, 2.75) is 25.7 Å². The van der Waals surface area contributed by atoms with Crippen LogP contribution in [0.5, 0.6) is 0 Å². The number of hydrogen-bond donors (Lipinski definition) is 1. The van der Waals surface area contributed by atoms with Gasteiger partial charge in [-0.05, 0) is 47.6 Å². The predicted octanol–water partition coefficient (Wildman–Crippen LogP) is 3.19. The Morgan fingerprint density at radius 2 is 2.38 bits per heavy atom. The standard InChI is InChI=1S/C13H13FO2/c1-2-8-5-9(6-13(15)16)12-7-10(14)3-4-11(8)12/h3-4,6-8H,2,5H2,1H3,(H,15,16). The molecule has 1 aliphatic carbocycles. The maximum atomic E-state index is 13.1. The molecule has 1 N–H and O–H groups in total. The van der Waals surface area contributed by atoms with E-state index >= 15 is 0 Å². The number of allylic oxidation sites excluding steroid dienone is 1. The Morgan fingerprint density at radius 1 is 1.62 bits per heavy atom.